The first-order valence-corrected chi connectivity index (χ1v) is 5.85. The Kier molecular flexibility index (Phi) is 3.85. The average molecular weight is 261 g/mol. The zero-order valence-corrected chi connectivity index (χ0v) is 10.4. The monoisotopic (exact) mass is 260 g/mol. The number of nitrogens with two attached hydrogens (primary N) is 1. The Bertz CT molecular complexity index is 569. The number of ether oxygens (including phenoxy) is 1. The maximum absolute atomic E-state index is 7.38. The van der Waals surface area contributed by atoms with Crippen molar-refractivity contribution in [1.29, 1.82) is 5.41 Å². The van der Waals surface area contributed by atoms with Gasteiger partial charge in [-0.25, -0.2) is 0 Å². The number of benzene rings is 2. The molecule has 0 aliphatic rings. The average Bonchev–Trinajstić information content (AvgIpc) is 2.38. The van der Waals surface area contributed by atoms with Gasteiger partial charge in [-0.3, -0.25) is 5.41 Å². The molecule has 0 bridgehead atoms. The highest BCUT2D eigenvalue weighted by molar-refractivity contribution is 6.32. The molecule has 0 unspecified atom stereocenters. The molecular weight excluding hydrogens is 248 g/mol. The molecule has 3 N–H and O–H groups in total. The summed E-state index contributed by atoms with van der Waals surface area (Å²) in [4.78, 5) is 0. The summed E-state index contributed by atoms with van der Waals surface area (Å²) in [6.45, 7) is 0.394. The van der Waals surface area contributed by atoms with Crippen LogP contribution < -0.4 is 10.5 Å². The molecule has 0 fully saturated rings. The first kappa shape index (κ1) is 12.5. The van der Waals surface area contributed by atoms with E-state index in [9.17, 15) is 0 Å². The van der Waals surface area contributed by atoms with Crippen LogP contribution in [0.15, 0.2) is 48.5 Å². The van der Waals surface area contributed by atoms with Crippen molar-refractivity contribution < 1.29 is 4.74 Å². The molecule has 0 radical (unpaired) electrons. The molecule has 3 nitrogen and oxygen atoms in total. The second-order valence-electron chi connectivity index (χ2n) is 3.83. The third-order valence-electron chi connectivity index (χ3n) is 2.47. The predicted molar refractivity (Wildman–Crippen MR) is 73.2 cm³/mol. The van der Waals surface area contributed by atoms with E-state index in [2.05, 4.69) is 0 Å². The third kappa shape index (κ3) is 3.02. The maximum atomic E-state index is 7.38. The van der Waals surface area contributed by atoms with Crippen LogP contribution in [0.4, 0.5) is 0 Å². The van der Waals surface area contributed by atoms with Crippen LogP contribution in [0.2, 0.25) is 5.02 Å². The number of para-hydroxylation sites is 1. The van der Waals surface area contributed by atoms with E-state index in [0.29, 0.717) is 22.9 Å². The van der Waals surface area contributed by atoms with Crippen molar-refractivity contribution in [2.24, 2.45) is 5.73 Å². The van der Waals surface area contributed by atoms with E-state index in [1.165, 1.54) is 0 Å². The molecule has 2 aromatic rings. The Hall–Kier alpha value is -2.00. The second-order valence-corrected chi connectivity index (χ2v) is 4.24. The van der Waals surface area contributed by atoms with Gasteiger partial charge in [0.05, 0.1) is 5.02 Å². The Morgan fingerprint density at radius 2 is 1.94 bits per heavy atom. The minimum absolute atomic E-state index is 0.0505. The SMILES string of the molecule is N=C(N)c1cccc(COc2ccccc2Cl)c1. The van der Waals surface area contributed by atoms with Gasteiger partial charge in [0.1, 0.15) is 18.2 Å². The van der Waals surface area contributed by atoms with Crippen molar-refractivity contribution in [3.8, 4) is 5.75 Å². The summed E-state index contributed by atoms with van der Waals surface area (Å²) in [5, 5.41) is 7.96. The maximum Gasteiger partial charge on any atom is 0.138 e. The number of hydrogen-bond donors (Lipinski definition) is 2. The van der Waals surface area contributed by atoms with E-state index >= 15 is 0 Å². The fourth-order valence-corrected chi connectivity index (χ4v) is 1.74. The minimum atomic E-state index is 0.0505. The highest BCUT2D eigenvalue weighted by Gasteiger charge is 2.02. The fourth-order valence-electron chi connectivity index (χ4n) is 1.55. The molecule has 2 rings (SSSR count). The molecule has 92 valence electrons. The third-order valence-corrected chi connectivity index (χ3v) is 2.78. The molecular formula is C14H13ClN2O. The topological polar surface area (TPSA) is 59.1 Å². The largest absolute Gasteiger partial charge is 0.487 e. The molecule has 0 amide bonds. The van der Waals surface area contributed by atoms with Crippen molar-refractivity contribution in [3.63, 3.8) is 0 Å². The summed E-state index contributed by atoms with van der Waals surface area (Å²) in [7, 11) is 0. The number of rotatable bonds is 4. The van der Waals surface area contributed by atoms with E-state index in [-0.39, 0.29) is 5.84 Å². The fraction of sp³-hybridized carbons (Fsp3) is 0.0714. The number of halogens is 1. The molecule has 0 aromatic heterocycles. The van der Waals surface area contributed by atoms with Crippen LogP contribution in [0, 0.1) is 5.41 Å². The lowest BCUT2D eigenvalue weighted by molar-refractivity contribution is 0.306. The standard InChI is InChI=1S/C14H13ClN2O/c15-12-6-1-2-7-13(12)18-9-10-4-3-5-11(8-10)14(16)17/h1-8H,9H2,(H3,16,17). The van der Waals surface area contributed by atoms with Crippen LogP contribution in [0.25, 0.3) is 0 Å². The molecule has 0 aliphatic heterocycles. The van der Waals surface area contributed by atoms with E-state index < -0.39 is 0 Å². The second kappa shape index (κ2) is 5.56. The van der Waals surface area contributed by atoms with Gasteiger partial charge in [0.25, 0.3) is 0 Å². The highest BCUT2D eigenvalue weighted by Crippen LogP contribution is 2.24. The van der Waals surface area contributed by atoms with Gasteiger partial charge in [-0.1, -0.05) is 41.9 Å². The van der Waals surface area contributed by atoms with Crippen molar-refractivity contribution in [2.75, 3.05) is 0 Å². The lowest BCUT2D eigenvalue weighted by Gasteiger charge is -2.08. The normalized spacial score (nSPS) is 10.1. The Balaban J connectivity index is 2.09. The Morgan fingerprint density at radius 1 is 1.17 bits per heavy atom. The Labute approximate surface area is 111 Å². The molecule has 0 atom stereocenters. The summed E-state index contributed by atoms with van der Waals surface area (Å²) < 4.78 is 5.61. The van der Waals surface area contributed by atoms with Gasteiger partial charge in [0.2, 0.25) is 0 Å². The molecule has 0 heterocycles. The molecule has 2 aromatic carbocycles. The van der Waals surface area contributed by atoms with Gasteiger partial charge in [0.15, 0.2) is 0 Å². The summed E-state index contributed by atoms with van der Waals surface area (Å²) in [5.41, 5.74) is 7.07. The minimum Gasteiger partial charge on any atom is -0.487 e. The van der Waals surface area contributed by atoms with E-state index in [4.69, 9.17) is 27.5 Å². The molecule has 0 aliphatic carbocycles. The van der Waals surface area contributed by atoms with Gasteiger partial charge < -0.3 is 10.5 Å². The summed E-state index contributed by atoms with van der Waals surface area (Å²) >= 11 is 5.99. The Morgan fingerprint density at radius 3 is 2.67 bits per heavy atom. The number of hydrogen-bond acceptors (Lipinski definition) is 2. The lowest BCUT2D eigenvalue weighted by Crippen LogP contribution is -2.11. The van der Waals surface area contributed by atoms with Crippen molar-refractivity contribution in [1.82, 2.24) is 0 Å². The molecule has 0 spiro atoms. The number of nitrogens with one attached hydrogen (secondary N) is 1. The van der Waals surface area contributed by atoms with Crippen LogP contribution in [0.1, 0.15) is 11.1 Å². The van der Waals surface area contributed by atoms with Crippen LogP contribution in [-0.4, -0.2) is 5.84 Å². The van der Waals surface area contributed by atoms with Gasteiger partial charge in [0, 0.05) is 5.56 Å². The van der Waals surface area contributed by atoms with Crippen LogP contribution in [0.5, 0.6) is 5.75 Å². The zero-order valence-electron chi connectivity index (χ0n) is 9.69. The zero-order chi connectivity index (χ0) is 13.0. The molecule has 0 saturated carbocycles. The van der Waals surface area contributed by atoms with E-state index in [1.54, 1.807) is 12.1 Å². The van der Waals surface area contributed by atoms with Crippen LogP contribution in [0.3, 0.4) is 0 Å². The molecule has 18 heavy (non-hydrogen) atoms. The summed E-state index contributed by atoms with van der Waals surface area (Å²) in [5.74, 6) is 0.696. The van der Waals surface area contributed by atoms with E-state index in [0.717, 1.165) is 5.56 Å². The van der Waals surface area contributed by atoms with Gasteiger partial charge in [-0.15, -0.1) is 0 Å². The first-order chi connectivity index (χ1) is 8.66. The molecule has 4 heteroatoms. The van der Waals surface area contributed by atoms with Gasteiger partial charge in [-0.2, -0.15) is 0 Å². The van der Waals surface area contributed by atoms with Gasteiger partial charge >= 0.3 is 0 Å². The van der Waals surface area contributed by atoms with Crippen molar-refractivity contribution >= 4 is 17.4 Å². The van der Waals surface area contributed by atoms with Crippen LogP contribution >= 0.6 is 11.6 Å². The molecule has 0 saturated heterocycles. The number of nitrogen functional groups attached to an aromatic ring is 1. The van der Waals surface area contributed by atoms with Crippen molar-refractivity contribution in [2.45, 2.75) is 6.61 Å². The smallest absolute Gasteiger partial charge is 0.138 e. The van der Waals surface area contributed by atoms with E-state index in [1.807, 2.05) is 36.4 Å². The van der Waals surface area contributed by atoms with Crippen LogP contribution in [-0.2, 0) is 6.61 Å². The quantitative estimate of drug-likeness (QED) is 0.655. The lowest BCUT2D eigenvalue weighted by atomic mass is 10.1. The first-order valence-electron chi connectivity index (χ1n) is 5.47. The highest BCUT2D eigenvalue weighted by atomic mass is 35.5. The summed E-state index contributed by atoms with van der Waals surface area (Å²) in [6.07, 6.45) is 0. The summed E-state index contributed by atoms with van der Waals surface area (Å²) in [6, 6.07) is 14.7. The predicted octanol–water partition coefficient (Wildman–Crippen LogP) is 3.20. The van der Waals surface area contributed by atoms with Gasteiger partial charge in [-0.05, 0) is 23.8 Å². The number of amidine groups is 1. The van der Waals surface area contributed by atoms with Crippen molar-refractivity contribution in [3.05, 3.63) is 64.7 Å².